The Morgan fingerprint density at radius 2 is 2.03 bits per heavy atom. The molecule has 139 valence electrons. The molecule has 0 bridgehead atoms. The van der Waals surface area contributed by atoms with Crippen molar-refractivity contribution in [3.63, 3.8) is 0 Å². The highest BCUT2D eigenvalue weighted by Crippen LogP contribution is 2.45. The van der Waals surface area contributed by atoms with Crippen LogP contribution in [0.25, 0.3) is 16.6 Å². The molecule has 1 aromatic heterocycles. The largest absolute Gasteiger partial charge is 0.482 e. The summed E-state index contributed by atoms with van der Waals surface area (Å²) < 4.78 is 15.4. The van der Waals surface area contributed by atoms with Crippen LogP contribution in [0.1, 0.15) is 29.6 Å². The highest BCUT2D eigenvalue weighted by atomic mass is 19.1. The van der Waals surface area contributed by atoms with E-state index in [2.05, 4.69) is 0 Å². The number of carboxylic acid groups (broad SMARTS) is 1. The van der Waals surface area contributed by atoms with Crippen LogP contribution in [0.3, 0.4) is 0 Å². The van der Waals surface area contributed by atoms with Crippen molar-refractivity contribution in [3.8, 4) is 5.69 Å². The molecule has 5 nitrogen and oxygen atoms in total. The number of nitrogens with one attached hydrogen (secondary N) is 1. The highest BCUT2D eigenvalue weighted by molar-refractivity contribution is 6.64. The van der Waals surface area contributed by atoms with Crippen LogP contribution in [0.15, 0.2) is 36.4 Å². The number of aromatic nitrogens is 1. The molecule has 5 radical (unpaired) electrons. The fourth-order valence-corrected chi connectivity index (χ4v) is 4.22. The standard InChI is InChI=1S/C20H16B3FN3O2/c1-9-17-14(8-20(22,23-9)19(28)29)12-6-15(25)13(18(21)26)7-16(12)27(17)11-4-2-10(24)3-5-11/h2-7,9,26H,8,25H2,1H3,(H,28,29). The molecule has 0 saturated heterocycles. The number of rotatable bonds is 3. The normalized spacial score (nSPS) is 20.8. The Morgan fingerprint density at radius 3 is 2.62 bits per heavy atom. The Kier molecular flexibility index (Phi) is 4.37. The van der Waals surface area contributed by atoms with Gasteiger partial charge in [0.15, 0.2) is 0 Å². The lowest BCUT2D eigenvalue weighted by molar-refractivity contribution is -0.138. The molecule has 2 unspecified atom stereocenters. The summed E-state index contributed by atoms with van der Waals surface area (Å²) in [5.41, 5.74) is 9.68. The van der Waals surface area contributed by atoms with Gasteiger partial charge in [0.25, 0.3) is 5.97 Å². The van der Waals surface area contributed by atoms with Crippen LogP contribution >= 0.6 is 0 Å². The second-order valence-corrected chi connectivity index (χ2v) is 7.52. The van der Waals surface area contributed by atoms with Gasteiger partial charge in [-0.3, -0.25) is 4.79 Å². The minimum Gasteiger partial charge on any atom is -0.482 e. The minimum atomic E-state index is -1.51. The van der Waals surface area contributed by atoms with Crippen LogP contribution in [-0.4, -0.2) is 44.2 Å². The number of nitrogens with two attached hydrogens (primary N) is 1. The van der Waals surface area contributed by atoms with Crippen molar-refractivity contribution in [1.29, 1.82) is 5.41 Å². The topological polar surface area (TPSA) is 92.1 Å². The summed E-state index contributed by atoms with van der Waals surface area (Å²) in [5, 5.41) is 16.7. The zero-order valence-electron chi connectivity index (χ0n) is 15.7. The van der Waals surface area contributed by atoms with Crippen LogP contribution in [0.2, 0.25) is 5.21 Å². The third kappa shape index (κ3) is 2.96. The number of halogens is 1. The van der Waals surface area contributed by atoms with Gasteiger partial charge < -0.3 is 20.8 Å². The number of nitrogens with zero attached hydrogens (tertiary/aromatic N) is 1. The summed E-state index contributed by atoms with van der Waals surface area (Å²) >= 11 is 0. The first-order valence-corrected chi connectivity index (χ1v) is 9.07. The first-order chi connectivity index (χ1) is 13.6. The van der Waals surface area contributed by atoms with Gasteiger partial charge in [0.05, 0.1) is 13.4 Å². The number of aliphatic carboxylic acids is 1. The van der Waals surface area contributed by atoms with Crippen LogP contribution < -0.4 is 5.73 Å². The fraction of sp³-hybridized carbons (Fsp3) is 0.200. The molecule has 0 saturated carbocycles. The smallest absolute Gasteiger partial charge is 0.293 e. The number of carbonyl (C=O) groups is 1. The molecule has 1 aliphatic rings. The maximum Gasteiger partial charge on any atom is 0.293 e. The third-order valence-electron chi connectivity index (χ3n) is 5.51. The summed E-state index contributed by atoms with van der Waals surface area (Å²) in [6.45, 7) is 1.87. The van der Waals surface area contributed by atoms with E-state index in [-0.39, 0.29) is 23.7 Å². The molecule has 9 heteroatoms. The molecule has 0 aliphatic carbocycles. The maximum absolute atomic E-state index is 13.5. The lowest BCUT2D eigenvalue weighted by Gasteiger charge is -2.34. The van der Waals surface area contributed by atoms with Gasteiger partial charge in [-0.15, -0.1) is 0 Å². The Balaban J connectivity index is 2.10. The van der Waals surface area contributed by atoms with Crippen molar-refractivity contribution in [3.05, 3.63) is 59.0 Å². The molecule has 2 atom stereocenters. The predicted octanol–water partition coefficient (Wildman–Crippen LogP) is 2.54. The maximum atomic E-state index is 13.5. The minimum absolute atomic E-state index is 0.0888. The number of anilines is 1. The van der Waals surface area contributed by atoms with Crippen molar-refractivity contribution in [1.82, 2.24) is 4.57 Å². The first-order valence-electron chi connectivity index (χ1n) is 9.07. The third-order valence-corrected chi connectivity index (χ3v) is 5.51. The number of fused-ring (bicyclic) bond motifs is 3. The van der Waals surface area contributed by atoms with Gasteiger partial charge in [-0.05, 0) is 59.8 Å². The van der Waals surface area contributed by atoms with Crippen LogP contribution in [0.5, 0.6) is 0 Å². The number of hydrogen-bond acceptors (Lipinski definition) is 3. The Labute approximate surface area is 170 Å². The van der Waals surface area contributed by atoms with Crippen LogP contribution in [0, 0.1) is 11.2 Å². The van der Waals surface area contributed by atoms with E-state index in [9.17, 15) is 14.3 Å². The second-order valence-electron chi connectivity index (χ2n) is 7.52. The molecule has 2 heterocycles. The van der Waals surface area contributed by atoms with Crippen LogP contribution in [-0.2, 0) is 11.2 Å². The lowest BCUT2D eigenvalue weighted by atomic mass is 9.33. The molecule has 29 heavy (non-hydrogen) atoms. The number of hydrogen-bond donors (Lipinski definition) is 3. The molecule has 0 fully saturated rings. The van der Waals surface area contributed by atoms with E-state index in [1.807, 2.05) is 11.5 Å². The molecule has 4 rings (SSSR count). The molecular weight excluding hydrogens is 366 g/mol. The molecule has 0 spiro atoms. The Bertz CT molecular complexity index is 1180. The fourth-order valence-electron chi connectivity index (χ4n) is 4.22. The summed E-state index contributed by atoms with van der Waals surface area (Å²) in [6.07, 6.45) is 0.0888. The van der Waals surface area contributed by atoms with Gasteiger partial charge in [0.1, 0.15) is 20.9 Å². The lowest BCUT2D eigenvalue weighted by Crippen LogP contribution is -2.39. The molecule has 3 aromatic rings. The number of benzene rings is 2. The van der Waals surface area contributed by atoms with Crippen molar-refractivity contribution < 1.29 is 14.3 Å². The average molecular weight is 382 g/mol. The predicted molar refractivity (Wildman–Crippen MR) is 114 cm³/mol. The number of carboxylic acids is 1. The second kappa shape index (κ2) is 6.54. The zero-order valence-corrected chi connectivity index (χ0v) is 15.7. The van der Waals surface area contributed by atoms with E-state index >= 15 is 0 Å². The monoisotopic (exact) mass is 382 g/mol. The summed E-state index contributed by atoms with van der Waals surface area (Å²) in [6, 6.07) is 9.42. The van der Waals surface area contributed by atoms with Crippen molar-refractivity contribution >= 4 is 51.1 Å². The number of nitrogen functional groups attached to an aromatic ring is 1. The average Bonchev–Trinajstić information content (AvgIpc) is 2.95. The summed E-state index contributed by atoms with van der Waals surface area (Å²) in [5.74, 6) is -1.76. The van der Waals surface area contributed by atoms with Crippen molar-refractivity contribution in [2.24, 2.45) is 0 Å². The van der Waals surface area contributed by atoms with Gasteiger partial charge in [0.2, 0.25) is 0 Å². The molecule has 4 N–H and O–H groups in total. The van der Waals surface area contributed by atoms with Gasteiger partial charge in [-0.2, -0.15) is 0 Å². The molecular formula is C20H16B3FN3O2. The van der Waals surface area contributed by atoms with Crippen molar-refractivity contribution in [2.45, 2.75) is 24.4 Å². The zero-order chi connectivity index (χ0) is 21.1. The molecule has 2 aromatic carbocycles. The van der Waals surface area contributed by atoms with E-state index in [0.717, 1.165) is 16.6 Å². The molecule has 0 amide bonds. The SMILES string of the molecule is [B]C(=N)c1cc2c(cc1N)c1c(n2-c2ccc(F)cc2)C(C)[B]C([B])(C(=O)O)C1. The summed E-state index contributed by atoms with van der Waals surface area (Å²) in [7, 11) is 13.5. The van der Waals surface area contributed by atoms with Crippen LogP contribution in [0.4, 0.5) is 10.1 Å². The first kappa shape index (κ1) is 19.4. The quantitative estimate of drug-likeness (QED) is 0.370. The van der Waals surface area contributed by atoms with Crippen molar-refractivity contribution in [2.75, 3.05) is 5.73 Å². The van der Waals surface area contributed by atoms with E-state index < -0.39 is 11.2 Å². The Hall–Kier alpha value is -2.96. The van der Waals surface area contributed by atoms with Gasteiger partial charge >= 0.3 is 0 Å². The van der Waals surface area contributed by atoms with Gasteiger partial charge in [-0.25, -0.2) is 4.39 Å². The summed E-state index contributed by atoms with van der Waals surface area (Å²) in [4.78, 5) is 11.8. The van der Waals surface area contributed by atoms with Gasteiger partial charge in [-0.1, -0.05) is 6.92 Å². The van der Waals surface area contributed by atoms with E-state index in [0.29, 0.717) is 22.5 Å². The van der Waals surface area contributed by atoms with E-state index in [4.69, 9.17) is 26.8 Å². The van der Waals surface area contributed by atoms with Gasteiger partial charge in [0, 0.05) is 33.2 Å². The van der Waals surface area contributed by atoms with E-state index in [1.165, 1.54) is 12.1 Å². The Morgan fingerprint density at radius 1 is 1.38 bits per heavy atom. The molecule has 1 aliphatic heterocycles. The van der Waals surface area contributed by atoms with E-state index in [1.54, 1.807) is 31.5 Å². The highest BCUT2D eigenvalue weighted by Gasteiger charge is 2.43.